The number of hydrogen-bond donors (Lipinski definition) is 2. The maximum absolute atomic E-state index is 12.9. The van der Waals surface area contributed by atoms with Gasteiger partial charge in [0.05, 0.1) is 28.4 Å². The first-order chi connectivity index (χ1) is 15.9. The number of carbonyl (C=O) groups excluding carboxylic acids is 2. The summed E-state index contributed by atoms with van der Waals surface area (Å²) in [5.41, 5.74) is 4.05. The smallest absolute Gasteiger partial charge is 0.287 e. The Balaban J connectivity index is 1.84. The van der Waals surface area contributed by atoms with Crippen LogP contribution in [0.25, 0.3) is 6.08 Å². The lowest BCUT2D eigenvalue weighted by atomic mass is 10.1. The number of hydrogen-bond acceptors (Lipinski definition) is 4. The summed E-state index contributed by atoms with van der Waals surface area (Å²) < 4.78 is 6.91. The quantitative estimate of drug-likeness (QED) is 0.207. The molecule has 3 aromatic carbocycles. The molecule has 3 rings (SSSR count). The molecule has 0 unspecified atom stereocenters. The molecule has 0 saturated heterocycles. The number of methoxy groups -OCH3 is 1. The molecule has 0 saturated carbocycles. The van der Waals surface area contributed by atoms with Crippen LogP contribution in [-0.4, -0.2) is 25.1 Å². The number of nitrogens with zero attached hydrogens (tertiary/aromatic N) is 1. The molecule has 0 radical (unpaired) electrons. The van der Waals surface area contributed by atoms with Crippen LogP contribution < -0.4 is 15.5 Å². The zero-order chi connectivity index (χ0) is 23.8. The van der Waals surface area contributed by atoms with E-state index in [0.29, 0.717) is 11.3 Å². The molecule has 33 heavy (non-hydrogen) atoms. The highest BCUT2D eigenvalue weighted by atomic mass is 79.9. The molecule has 0 heterocycles. The first-order valence-corrected chi connectivity index (χ1v) is 11.5. The number of carbonyl (C=O) groups is 2. The number of nitrogens with one attached hydrogen (secondary N) is 2. The highest BCUT2D eigenvalue weighted by Gasteiger charge is 2.16. The minimum Gasteiger partial charge on any atom is -0.495 e. The predicted octanol–water partition coefficient (Wildman–Crippen LogP) is 5.79. The van der Waals surface area contributed by atoms with E-state index in [9.17, 15) is 9.59 Å². The van der Waals surface area contributed by atoms with E-state index in [1.165, 1.54) is 13.3 Å². The van der Waals surface area contributed by atoms with Crippen LogP contribution in [0, 0.1) is 0 Å². The van der Waals surface area contributed by atoms with Crippen LogP contribution >= 0.6 is 43.5 Å². The maximum Gasteiger partial charge on any atom is 0.287 e. The lowest BCUT2D eigenvalue weighted by Gasteiger charge is -2.10. The molecule has 0 bridgehead atoms. The van der Waals surface area contributed by atoms with Crippen LogP contribution in [0.5, 0.6) is 5.75 Å². The van der Waals surface area contributed by atoms with Crippen molar-refractivity contribution in [3.05, 3.63) is 103 Å². The first kappa shape index (κ1) is 24.7. The van der Waals surface area contributed by atoms with Crippen molar-refractivity contribution in [2.45, 2.75) is 0 Å². The highest BCUT2D eigenvalue weighted by Crippen LogP contribution is 2.31. The number of ether oxygens (including phenoxy) is 1. The monoisotopic (exact) mass is 589 g/mol. The van der Waals surface area contributed by atoms with Gasteiger partial charge in [-0.3, -0.25) is 9.59 Å². The Morgan fingerprint density at radius 3 is 2.42 bits per heavy atom. The fourth-order valence-electron chi connectivity index (χ4n) is 2.82. The van der Waals surface area contributed by atoms with E-state index >= 15 is 0 Å². The summed E-state index contributed by atoms with van der Waals surface area (Å²) in [6.07, 6.45) is 3.00. The summed E-state index contributed by atoms with van der Waals surface area (Å²) in [4.78, 5) is 25.6. The maximum atomic E-state index is 12.9. The Morgan fingerprint density at radius 2 is 1.73 bits per heavy atom. The molecule has 0 aromatic heterocycles. The second-order valence-corrected chi connectivity index (χ2v) is 8.79. The minimum atomic E-state index is -0.608. The van der Waals surface area contributed by atoms with Gasteiger partial charge in [0.2, 0.25) is 0 Å². The van der Waals surface area contributed by atoms with Gasteiger partial charge in [-0.1, -0.05) is 70.0 Å². The highest BCUT2D eigenvalue weighted by molar-refractivity contribution is 9.11. The molecule has 0 aliphatic carbocycles. The van der Waals surface area contributed by atoms with Crippen LogP contribution in [0.1, 0.15) is 21.5 Å². The molecule has 0 atom stereocenters. The van der Waals surface area contributed by atoms with E-state index in [0.717, 1.165) is 14.5 Å². The third kappa shape index (κ3) is 6.77. The molecule has 0 aliphatic rings. The third-order valence-electron chi connectivity index (χ3n) is 4.33. The van der Waals surface area contributed by atoms with Crippen molar-refractivity contribution in [1.82, 2.24) is 10.7 Å². The molecule has 6 nitrogen and oxygen atoms in total. The molecule has 2 amide bonds. The molecular weight excluding hydrogens is 574 g/mol. The number of rotatable bonds is 7. The molecule has 0 fully saturated rings. The van der Waals surface area contributed by atoms with Crippen LogP contribution in [0.3, 0.4) is 0 Å². The first-order valence-electron chi connectivity index (χ1n) is 9.58. The number of amides is 2. The summed E-state index contributed by atoms with van der Waals surface area (Å²) in [6.45, 7) is 0. The van der Waals surface area contributed by atoms with Gasteiger partial charge in [-0.05, 0) is 51.8 Å². The van der Waals surface area contributed by atoms with Crippen molar-refractivity contribution < 1.29 is 14.3 Å². The SMILES string of the molecule is COc1c(Br)cc(Br)cc1C=NNC(=O)C(=Cc1ccccc1)NC(=O)c1ccccc1Cl. The zero-order valence-corrected chi connectivity index (χ0v) is 21.2. The van der Waals surface area contributed by atoms with Gasteiger partial charge in [0.1, 0.15) is 11.4 Å². The second kappa shape index (κ2) is 11.8. The van der Waals surface area contributed by atoms with Crippen molar-refractivity contribution in [3.8, 4) is 5.75 Å². The molecule has 9 heteroatoms. The molecular formula is C24H18Br2ClN3O3. The molecule has 2 N–H and O–H groups in total. The van der Waals surface area contributed by atoms with E-state index in [4.69, 9.17) is 16.3 Å². The Bertz CT molecular complexity index is 1230. The zero-order valence-electron chi connectivity index (χ0n) is 17.3. The molecule has 0 aliphatic heterocycles. The lowest BCUT2D eigenvalue weighted by Crippen LogP contribution is -2.33. The Labute approximate surface area is 212 Å². The minimum absolute atomic E-state index is 0.00524. The van der Waals surface area contributed by atoms with Gasteiger partial charge in [-0.25, -0.2) is 5.43 Å². The van der Waals surface area contributed by atoms with Gasteiger partial charge >= 0.3 is 0 Å². The molecule has 168 valence electrons. The summed E-state index contributed by atoms with van der Waals surface area (Å²) in [5, 5.41) is 6.93. The van der Waals surface area contributed by atoms with Crippen LogP contribution in [-0.2, 0) is 4.79 Å². The van der Waals surface area contributed by atoms with Crippen molar-refractivity contribution in [3.63, 3.8) is 0 Å². The van der Waals surface area contributed by atoms with E-state index in [2.05, 4.69) is 47.7 Å². The second-order valence-electron chi connectivity index (χ2n) is 6.61. The van der Waals surface area contributed by atoms with Crippen molar-refractivity contribution in [2.75, 3.05) is 7.11 Å². The topological polar surface area (TPSA) is 79.8 Å². The predicted molar refractivity (Wildman–Crippen MR) is 137 cm³/mol. The summed E-state index contributed by atoms with van der Waals surface area (Å²) in [7, 11) is 1.54. The summed E-state index contributed by atoms with van der Waals surface area (Å²) in [5.74, 6) is -0.564. The number of benzene rings is 3. The molecule has 3 aromatic rings. The van der Waals surface area contributed by atoms with Crippen molar-refractivity contribution in [2.24, 2.45) is 5.10 Å². The standard InChI is InChI=1S/C24H18Br2ClN3O3/c1-33-22-16(12-17(25)13-19(22)26)14-28-30-24(32)21(11-15-7-3-2-4-8-15)29-23(31)18-9-5-6-10-20(18)27/h2-14H,1H3,(H,29,31)(H,30,32). The fourth-order valence-corrected chi connectivity index (χ4v) is 4.46. The van der Waals surface area contributed by atoms with Gasteiger partial charge in [0.25, 0.3) is 11.8 Å². The van der Waals surface area contributed by atoms with E-state index in [1.807, 2.05) is 36.4 Å². The van der Waals surface area contributed by atoms with E-state index in [1.54, 1.807) is 36.4 Å². The van der Waals surface area contributed by atoms with Gasteiger partial charge in [0.15, 0.2) is 0 Å². The normalized spacial score (nSPS) is 11.3. The van der Waals surface area contributed by atoms with Gasteiger partial charge in [-0.15, -0.1) is 0 Å². The van der Waals surface area contributed by atoms with Crippen molar-refractivity contribution in [1.29, 1.82) is 0 Å². The van der Waals surface area contributed by atoms with Crippen LogP contribution in [0.4, 0.5) is 0 Å². The Hall–Kier alpha value is -2.94. The Kier molecular flexibility index (Phi) is 8.82. The van der Waals surface area contributed by atoms with E-state index in [-0.39, 0.29) is 16.3 Å². The van der Waals surface area contributed by atoms with Crippen LogP contribution in [0.2, 0.25) is 5.02 Å². The Morgan fingerprint density at radius 1 is 1.03 bits per heavy atom. The van der Waals surface area contributed by atoms with Gasteiger partial charge < -0.3 is 10.1 Å². The lowest BCUT2D eigenvalue weighted by molar-refractivity contribution is -0.117. The average molecular weight is 592 g/mol. The summed E-state index contributed by atoms with van der Waals surface area (Å²) in [6, 6.07) is 19.3. The number of halogens is 3. The van der Waals surface area contributed by atoms with Crippen molar-refractivity contribution >= 4 is 67.6 Å². The number of hydrazone groups is 1. The average Bonchev–Trinajstić information content (AvgIpc) is 2.79. The van der Waals surface area contributed by atoms with Gasteiger partial charge in [-0.2, -0.15) is 5.10 Å². The third-order valence-corrected chi connectivity index (χ3v) is 5.71. The largest absolute Gasteiger partial charge is 0.495 e. The fraction of sp³-hybridized carbons (Fsp3) is 0.0417. The molecule has 0 spiro atoms. The van der Waals surface area contributed by atoms with E-state index < -0.39 is 11.8 Å². The van der Waals surface area contributed by atoms with Crippen LogP contribution in [0.15, 0.2) is 86.5 Å². The summed E-state index contributed by atoms with van der Waals surface area (Å²) >= 11 is 13.0. The van der Waals surface area contributed by atoms with Gasteiger partial charge in [0, 0.05) is 10.0 Å².